The van der Waals surface area contributed by atoms with Crippen LogP contribution in [0.3, 0.4) is 0 Å². The van der Waals surface area contributed by atoms with E-state index in [9.17, 15) is 0 Å². The van der Waals surface area contributed by atoms with Crippen LogP contribution in [-0.2, 0) is 11.5 Å². The number of hydrogen-bond acceptors (Lipinski definition) is 3. The van der Waals surface area contributed by atoms with Gasteiger partial charge in [-0.25, -0.2) is 9.97 Å². The first kappa shape index (κ1) is 15.5. The van der Waals surface area contributed by atoms with Crippen LogP contribution in [0.2, 0.25) is 10.4 Å². The van der Waals surface area contributed by atoms with Gasteiger partial charge in [0.1, 0.15) is 12.2 Å². The van der Waals surface area contributed by atoms with Crippen LogP contribution in [-0.4, -0.2) is 21.1 Å². The zero-order valence-electron chi connectivity index (χ0n) is 12.0. The van der Waals surface area contributed by atoms with Crippen molar-refractivity contribution in [2.24, 2.45) is 5.41 Å². The van der Waals surface area contributed by atoms with Crippen LogP contribution in [0.5, 0.6) is 0 Å². The number of fused-ring (bicyclic) bond motifs is 1. The molecule has 2 heterocycles. The van der Waals surface area contributed by atoms with Gasteiger partial charge in [-0.15, -0.1) is 0 Å². The van der Waals surface area contributed by atoms with Crippen LogP contribution in [0.25, 0.3) is 11.0 Å². The second-order valence-corrected chi connectivity index (χ2v) is 6.70. The average molecular weight is 316 g/mol. The molecule has 6 heteroatoms. The van der Waals surface area contributed by atoms with Crippen molar-refractivity contribution >= 4 is 34.2 Å². The summed E-state index contributed by atoms with van der Waals surface area (Å²) in [6.07, 6.45) is 4.06. The third-order valence-electron chi connectivity index (χ3n) is 2.99. The molecule has 0 fully saturated rings. The Labute approximate surface area is 129 Å². The Kier molecular flexibility index (Phi) is 4.89. The zero-order valence-corrected chi connectivity index (χ0v) is 13.5. The van der Waals surface area contributed by atoms with Crippen molar-refractivity contribution in [3.05, 3.63) is 22.7 Å². The highest BCUT2D eigenvalue weighted by Gasteiger charge is 2.11. The zero-order chi connectivity index (χ0) is 14.8. The maximum atomic E-state index is 6.10. The van der Waals surface area contributed by atoms with Gasteiger partial charge < -0.3 is 9.30 Å². The van der Waals surface area contributed by atoms with E-state index in [1.165, 1.54) is 0 Å². The first-order valence-electron chi connectivity index (χ1n) is 6.62. The lowest BCUT2D eigenvalue weighted by molar-refractivity contribution is 0.0720. The molecule has 110 valence electrons. The van der Waals surface area contributed by atoms with Gasteiger partial charge in [0.15, 0.2) is 5.15 Å². The quantitative estimate of drug-likeness (QED) is 0.462. The molecular weight excluding hydrogens is 297 g/mol. The van der Waals surface area contributed by atoms with Crippen LogP contribution >= 0.6 is 23.2 Å². The lowest BCUT2D eigenvalue weighted by atomic mass is 9.91. The summed E-state index contributed by atoms with van der Waals surface area (Å²) in [7, 11) is 0. The van der Waals surface area contributed by atoms with E-state index in [-0.39, 0.29) is 5.28 Å². The van der Waals surface area contributed by atoms with Crippen molar-refractivity contribution in [2.75, 3.05) is 6.61 Å². The van der Waals surface area contributed by atoms with E-state index in [4.69, 9.17) is 27.9 Å². The summed E-state index contributed by atoms with van der Waals surface area (Å²) in [6, 6.07) is 1.85. The fourth-order valence-electron chi connectivity index (χ4n) is 2.01. The summed E-state index contributed by atoms with van der Waals surface area (Å²) >= 11 is 11.9. The molecule has 0 aliphatic rings. The summed E-state index contributed by atoms with van der Waals surface area (Å²) in [6.45, 7) is 7.86. The standard InChI is InChI=1S/C14H19Cl2N3O/c1-14(2,3)6-4-8-20-9-19-7-5-10-11(19)12(15)18-13(16)17-10/h5,7H,4,6,8-9H2,1-3H3. The minimum absolute atomic E-state index is 0.159. The minimum Gasteiger partial charge on any atom is -0.361 e. The van der Waals surface area contributed by atoms with Crippen LogP contribution in [0, 0.1) is 5.41 Å². The monoisotopic (exact) mass is 315 g/mol. The van der Waals surface area contributed by atoms with Crippen LogP contribution in [0.15, 0.2) is 12.3 Å². The Morgan fingerprint density at radius 1 is 1.25 bits per heavy atom. The predicted molar refractivity (Wildman–Crippen MR) is 82.2 cm³/mol. The molecule has 2 rings (SSSR count). The molecule has 0 aliphatic heterocycles. The van der Waals surface area contributed by atoms with Gasteiger partial charge >= 0.3 is 0 Å². The minimum atomic E-state index is 0.159. The molecule has 0 atom stereocenters. The van der Waals surface area contributed by atoms with Crippen molar-refractivity contribution in [1.82, 2.24) is 14.5 Å². The smallest absolute Gasteiger partial charge is 0.224 e. The molecular formula is C14H19Cl2N3O. The molecule has 0 N–H and O–H groups in total. The van der Waals surface area contributed by atoms with Gasteiger partial charge in [-0.3, -0.25) is 0 Å². The van der Waals surface area contributed by atoms with E-state index < -0.39 is 0 Å². The molecule has 2 aromatic heterocycles. The summed E-state index contributed by atoms with van der Waals surface area (Å²) in [5, 5.41) is 0.509. The maximum absolute atomic E-state index is 6.10. The van der Waals surface area contributed by atoms with E-state index in [0.29, 0.717) is 17.3 Å². The maximum Gasteiger partial charge on any atom is 0.224 e. The largest absolute Gasteiger partial charge is 0.361 e. The number of nitrogens with zero attached hydrogens (tertiary/aromatic N) is 3. The van der Waals surface area contributed by atoms with Gasteiger partial charge in [0.05, 0.1) is 5.52 Å². The number of rotatable bonds is 5. The molecule has 0 amide bonds. The van der Waals surface area contributed by atoms with Gasteiger partial charge in [-0.1, -0.05) is 32.4 Å². The summed E-state index contributed by atoms with van der Waals surface area (Å²) in [5.74, 6) is 0. The molecule has 0 saturated carbocycles. The molecule has 20 heavy (non-hydrogen) atoms. The summed E-state index contributed by atoms with van der Waals surface area (Å²) in [5.41, 5.74) is 1.83. The van der Waals surface area contributed by atoms with E-state index in [1.54, 1.807) is 0 Å². The molecule has 0 unspecified atom stereocenters. The van der Waals surface area contributed by atoms with Crippen LogP contribution in [0.4, 0.5) is 0 Å². The molecule has 0 aliphatic carbocycles. The summed E-state index contributed by atoms with van der Waals surface area (Å²) < 4.78 is 7.58. The first-order chi connectivity index (χ1) is 9.37. The van der Waals surface area contributed by atoms with E-state index >= 15 is 0 Å². The Morgan fingerprint density at radius 2 is 2.00 bits per heavy atom. The van der Waals surface area contributed by atoms with E-state index in [2.05, 4.69) is 30.7 Å². The average Bonchev–Trinajstić information content (AvgIpc) is 2.70. The number of halogens is 2. The molecule has 4 nitrogen and oxygen atoms in total. The first-order valence-corrected chi connectivity index (χ1v) is 7.38. The number of hydrogen-bond donors (Lipinski definition) is 0. The van der Waals surface area contributed by atoms with Crippen molar-refractivity contribution in [3.8, 4) is 0 Å². The third-order valence-corrected chi connectivity index (χ3v) is 3.42. The van der Waals surface area contributed by atoms with Crippen LogP contribution < -0.4 is 0 Å². The second-order valence-electron chi connectivity index (χ2n) is 6.00. The van der Waals surface area contributed by atoms with Gasteiger partial charge in [-0.2, -0.15) is 0 Å². The third kappa shape index (κ3) is 4.08. The molecule has 0 bridgehead atoms. The predicted octanol–water partition coefficient (Wildman–Crippen LogP) is 4.54. The van der Waals surface area contributed by atoms with Gasteiger partial charge in [0, 0.05) is 12.8 Å². The summed E-state index contributed by atoms with van der Waals surface area (Å²) in [4.78, 5) is 8.08. The lowest BCUT2D eigenvalue weighted by Crippen LogP contribution is -2.08. The highest BCUT2D eigenvalue weighted by molar-refractivity contribution is 6.35. The van der Waals surface area contributed by atoms with Gasteiger partial charge in [0.2, 0.25) is 5.28 Å². The fourth-order valence-corrected chi connectivity index (χ4v) is 2.51. The highest BCUT2D eigenvalue weighted by Crippen LogP contribution is 2.23. The Balaban J connectivity index is 1.94. The molecule has 2 aromatic rings. The van der Waals surface area contributed by atoms with E-state index in [1.807, 2.05) is 16.8 Å². The second kappa shape index (κ2) is 6.29. The fraction of sp³-hybridized carbons (Fsp3) is 0.571. The van der Waals surface area contributed by atoms with Crippen molar-refractivity contribution < 1.29 is 4.74 Å². The lowest BCUT2D eigenvalue weighted by Gasteiger charge is -2.17. The van der Waals surface area contributed by atoms with Gasteiger partial charge in [-0.05, 0) is 35.9 Å². The molecule has 0 radical (unpaired) electrons. The van der Waals surface area contributed by atoms with Crippen molar-refractivity contribution in [1.29, 1.82) is 0 Å². The van der Waals surface area contributed by atoms with Gasteiger partial charge in [0.25, 0.3) is 0 Å². The van der Waals surface area contributed by atoms with Crippen LogP contribution in [0.1, 0.15) is 33.6 Å². The SMILES string of the molecule is CC(C)(C)CCCOCn1ccc2nc(Cl)nc(Cl)c21. The molecule has 0 saturated heterocycles. The molecule has 0 aromatic carbocycles. The Bertz CT molecular complexity index is 590. The Morgan fingerprint density at radius 3 is 2.70 bits per heavy atom. The van der Waals surface area contributed by atoms with E-state index in [0.717, 1.165) is 30.5 Å². The highest BCUT2D eigenvalue weighted by atomic mass is 35.5. The molecule has 0 spiro atoms. The normalized spacial score (nSPS) is 12.2. The number of ether oxygens (including phenoxy) is 1. The topological polar surface area (TPSA) is 39.9 Å². The van der Waals surface area contributed by atoms with Crippen molar-refractivity contribution in [3.63, 3.8) is 0 Å². The number of aromatic nitrogens is 3. The Hall–Kier alpha value is -0.840. The van der Waals surface area contributed by atoms with Crippen molar-refractivity contribution in [2.45, 2.75) is 40.3 Å².